The van der Waals surface area contributed by atoms with Crippen molar-refractivity contribution in [3.63, 3.8) is 0 Å². The van der Waals surface area contributed by atoms with E-state index in [2.05, 4.69) is 22.4 Å². The highest BCUT2D eigenvalue weighted by Crippen LogP contribution is 2.41. The normalized spacial score (nSPS) is 18.0. The molecule has 1 heterocycles. The molecule has 0 aliphatic heterocycles. The van der Waals surface area contributed by atoms with Gasteiger partial charge in [0.05, 0.1) is 0 Å². The SMILES string of the molecule is CNCCCc1nnc(C(C)C2CC2)o1. The molecule has 0 saturated heterocycles. The maximum atomic E-state index is 5.64. The fourth-order valence-electron chi connectivity index (χ4n) is 1.77. The van der Waals surface area contributed by atoms with Gasteiger partial charge in [0.2, 0.25) is 11.8 Å². The van der Waals surface area contributed by atoms with Crippen LogP contribution in [0.5, 0.6) is 0 Å². The predicted molar refractivity (Wildman–Crippen MR) is 57.7 cm³/mol. The summed E-state index contributed by atoms with van der Waals surface area (Å²) in [5.41, 5.74) is 0. The van der Waals surface area contributed by atoms with Crippen LogP contribution in [0.4, 0.5) is 0 Å². The number of hydrogen-bond acceptors (Lipinski definition) is 4. The van der Waals surface area contributed by atoms with Crippen LogP contribution in [0.2, 0.25) is 0 Å². The number of nitrogens with one attached hydrogen (secondary N) is 1. The Morgan fingerprint density at radius 2 is 2.27 bits per heavy atom. The molecule has 1 unspecified atom stereocenters. The first-order valence-electron chi connectivity index (χ1n) is 5.78. The standard InChI is InChI=1S/C11H19N3O/c1-8(9-5-6-9)11-14-13-10(15-11)4-3-7-12-2/h8-9,12H,3-7H2,1-2H3. The van der Waals surface area contributed by atoms with Gasteiger partial charge in [0, 0.05) is 12.3 Å². The molecule has 0 radical (unpaired) electrons. The Hall–Kier alpha value is -0.900. The van der Waals surface area contributed by atoms with Crippen LogP contribution in [0.1, 0.15) is 43.9 Å². The maximum Gasteiger partial charge on any atom is 0.219 e. The van der Waals surface area contributed by atoms with Gasteiger partial charge in [-0.05, 0) is 38.8 Å². The number of nitrogens with zero attached hydrogens (tertiary/aromatic N) is 2. The molecule has 0 bridgehead atoms. The summed E-state index contributed by atoms with van der Waals surface area (Å²) in [5.74, 6) is 2.86. The molecule has 1 N–H and O–H groups in total. The molecule has 1 aromatic rings. The molecule has 0 aromatic carbocycles. The fraction of sp³-hybridized carbons (Fsp3) is 0.818. The van der Waals surface area contributed by atoms with Crippen LogP contribution >= 0.6 is 0 Å². The van der Waals surface area contributed by atoms with Gasteiger partial charge >= 0.3 is 0 Å². The summed E-state index contributed by atoms with van der Waals surface area (Å²) in [7, 11) is 1.95. The van der Waals surface area contributed by atoms with Crippen molar-refractivity contribution in [3.05, 3.63) is 11.8 Å². The number of aryl methyl sites for hydroxylation is 1. The van der Waals surface area contributed by atoms with E-state index in [0.717, 1.165) is 37.1 Å². The van der Waals surface area contributed by atoms with Crippen molar-refractivity contribution in [2.75, 3.05) is 13.6 Å². The molecule has 1 aromatic heterocycles. The molecule has 0 spiro atoms. The molecule has 1 saturated carbocycles. The van der Waals surface area contributed by atoms with Gasteiger partial charge in [-0.2, -0.15) is 0 Å². The molecule has 1 fully saturated rings. The minimum absolute atomic E-state index is 0.454. The lowest BCUT2D eigenvalue weighted by Gasteiger charge is -2.01. The molecule has 84 valence electrons. The highest BCUT2D eigenvalue weighted by Gasteiger charge is 2.32. The van der Waals surface area contributed by atoms with Crippen LogP contribution in [-0.4, -0.2) is 23.8 Å². The molecule has 0 amide bonds. The smallest absolute Gasteiger partial charge is 0.219 e. The molecule has 4 heteroatoms. The van der Waals surface area contributed by atoms with Crippen LogP contribution < -0.4 is 5.32 Å². The van der Waals surface area contributed by atoms with Crippen LogP contribution in [0.25, 0.3) is 0 Å². The highest BCUT2D eigenvalue weighted by atomic mass is 16.4. The summed E-state index contributed by atoms with van der Waals surface area (Å²) in [6.07, 6.45) is 4.57. The monoisotopic (exact) mass is 209 g/mol. The second kappa shape index (κ2) is 4.75. The third-order valence-electron chi connectivity index (χ3n) is 3.02. The van der Waals surface area contributed by atoms with Crippen LogP contribution in [-0.2, 0) is 6.42 Å². The number of aromatic nitrogens is 2. The van der Waals surface area contributed by atoms with Crippen molar-refractivity contribution in [1.29, 1.82) is 0 Å². The number of rotatable bonds is 6. The summed E-state index contributed by atoms with van der Waals surface area (Å²) in [6.45, 7) is 3.18. The van der Waals surface area contributed by atoms with Crippen molar-refractivity contribution in [2.24, 2.45) is 5.92 Å². The lowest BCUT2D eigenvalue weighted by molar-refractivity contribution is 0.404. The lowest BCUT2D eigenvalue weighted by atomic mass is 10.1. The maximum absolute atomic E-state index is 5.64. The van der Waals surface area contributed by atoms with E-state index >= 15 is 0 Å². The van der Waals surface area contributed by atoms with Crippen molar-refractivity contribution in [3.8, 4) is 0 Å². The first kappa shape index (κ1) is 10.6. The fourth-order valence-corrected chi connectivity index (χ4v) is 1.77. The van der Waals surface area contributed by atoms with Crippen LogP contribution in [0.15, 0.2) is 4.42 Å². The van der Waals surface area contributed by atoms with E-state index in [9.17, 15) is 0 Å². The van der Waals surface area contributed by atoms with E-state index < -0.39 is 0 Å². The van der Waals surface area contributed by atoms with Gasteiger partial charge in [-0.25, -0.2) is 0 Å². The summed E-state index contributed by atoms with van der Waals surface area (Å²) in [6, 6.07) is 0. The summed E-state index contributed by atoms with van der Waals surface area (Å²) in [4.78, 5) is 0. The first-order chi connectivity index (χ1) is 7.31. The Labute approximate surface area is 90.5 Å². The zero-order valence-electron chi connectivity index (χ0n) is 9.49. The summed E-state index contributed by atoms with van der Waals surface area (Å²) in [5, 5.41) is 11.3. The van der Waals surface area contributed by atoms with E-state index in [1.165, 1.54) is 12.8 Å². The van der Waals surface area contributed by atoms with Gasteiger partial charge in [0.1, 0.15) is 0 Å². The molecule has 15 heavy (non-hydrogen) atoms. The molecular weight excluding hydrogens is 190 g/mol. The van der Waals surface area contributed by atoms with Gasteiger partial charge in [0.15, 0.2) is 0 Å². The van der Waals surface area contributed by atoms with Crippen molar-refractivity contribution in [2.45, 2.75) is 38.5 Å². The Morgan fingerprint density at radius 1 is 1.47 bits per heavy atom. The molecule has 1 atom stereocenters. The largest absolute Gasteiger partial charge is 0.425 e. The quantitative estimate of drug-likeness (QED) is 0.725. The molecule has 4 nitrogen and oxygen atoms in total. The highest BCUT2D eigenvalue weighted by molar-refractivity contribution is 4.97. The zero-order chi connectivity index (χ0) is 10.7. The van der Waals surface area contributed by atoms with Gasteiger partial charge in [-0.15, -0.1) is 10.2 Å². The zero-order valence-corrected chi connectivity index (χ0v) is 9.49. The summed E-state index contributed by atoms with van der Waals surface area (Å²) < 4.78 is 5.64. The van der Waals surface area contributed by atoms with E-state index in [-0.39, 0.29) is 0 Å². The lowest BCUT2D eigenvalue weighted by Crippen LogP contribution is -2.08. The average Bonchev–Trinajstić information content (AvgIpc) is 2.98. The Morgan fingerprint density at radius 3 is 2.93 bits per heavy atom. The second-order valence-corrected chi connectivity index (χ2v) is 4.37. The second-order valence-electron chi connectivity index (χ2n) is 4.37. The van der Waals surface area contributed by atoms with Crippen molar-refractivity contribution in [1.82, 2.24) is 15.5 Å². The van der Waals surface area contributed by atoms with E-state index in [4.69, 9.17) is 4.42 Å². The topological polar surface area (TPSA) is 51.0 Å². The Bertz CT molecular complexity index is 307. The van der Waals surface area contributed by atoms with E-state index in [1.54, 1.807) is 0 Å². The van der Waals surface area contributed by atoms with Gasteiger partial charge in [0.25, 0.3) is 0 Å². The molecular formula is C11H19N3O. The first-order valence-corrected chi connectivity index (χ1v) is 5.78. The number of hydrogen-bond donors (Lipinski definition) is 1. The predicted octanol–water partition coefficient (Wildman–Crippen LogP) is 1.74. The Kier molecular flexibility index (Phi) is 3.36. The van der Waals surface area contributed by atoms with Gasteiger partial charge in [-0.1, -0.05) is 6.92 Å². The van der Waals surface area contributed by atoms with Crippen LogP contribution in [0.3, 0.4) is 0 Å². The van der Waals surface area contributed by atoms with Crippen molar-refractivity contribution < 1.29 is 4.42 Å². The van der Waals surface area contributed by atoms with Gasteiger partial charge in [-0.3, -0.25) is 0 Å². The van der Waals surface area contributed by atoms with E-state index in [0.29, 0.717) is 5.92 Å². The minimum atomic E-state index is 0.454. The minimum Gasteiger partial charge on any atom is -0.425 e. The van der Waals surface area contributed by atoms with Gasteiger partial charge < -0.3 is 9.73 Å². The van der Waals surface area contributed by atoms with Crippen LogP contribution in [0, 0.1) is 5.92 Å². The third-order valence-corrected chi connectivity index (χ3v) is 3.02. The molecule has 1 aliphatic carbocycles. The molecule has 1 aliphatic rings. The third kappa shape index (κ3) is 2.78. The summed E-state index contributed by atoms with van der Waals surface area (Å²) >= 11 is 0. The van der Waals surface area contributed by atoms with Crippen molar-refractivity contribution >= 4 is 0 Å². The molecule has 2 rings (SSSR count). The Balaban J connectivity index is 1.85. The van der Waals surface area contributed by atoms with E-state index in [1.807, 2.05) is 7.05 Å². The average molecular weight is 209 g/mol.